The Balaban J connectivity index is 3.59. The second-order valence-corrected chi connectivity index (χ2v) is 1.76. The molecule has 0 saturated heterocycles. The van der Waals surface area contributed by atoms with E-state index in [0.29, 0.717) is 6.42 Å². The summed E-state index contributed by atoms with van der Waals surface area (Å²) in [5.74, 6) is 1.23. The quantitative estimate of drug-likeness (QED) is 0.406. The van der Waals surface area contributed by atoms with Gasteiger partial charge in [0.05, 0.1) is 5.92 Å². The molecule has 0 aromatic heterocycles. The average Bonchev–Trinajstić information content (AvgIpc) is 1.82. The molecule has 50 valence electrons. The van der Waals surface area contributed by atoms with Crippen LogP contribution in [0, 0.1) is 17.9 Å². The van der Waals surface area contributed by atoms with Gasteiger partial charge < -0.3 is 10.8 Å². The van der Waals surface area contributed by atoms with Crippen molar-refractivity contribution in [2.75, 3.05) is 0 Å². The highest BCUT2D eigenvalue weighted by molar-refractivity contribution is 5.69. The SMILES string of the molecule is CC(CC#CN)C(=O)O. The fraction of sp³-hybridized carbons (Fsp3) is 0.500. The van der Waals surface area contributed by atoms with Gasteiger partial charge in [0.15, 0.2) is 0 Å². The van der Waals surface area contributed by atoms with E-state index in [9.17, 15) is 4.79 Å². The second-order valence-electron chi connectivity index (χ2n) is 1.76. The van der Waals surface area contributed by atoms with Gasteiger partial charge in [-0.05, 0) is 0 Å². The molecule has 0 radical (unpaired) electrons. The molecular weight excluding hydrogens is 118 g/mol. The number of carbonyl (C=O) groups is 1. The Hall–Kier alpha value is -1.17. The lowest BCUT2D eigenvalue weighted by Gasteiger charge is -1.96. The third-order valence-corrected chi connectivity index (χ3v) is 0.932. The molecular formula is C6H9NO2. The number of hydrogen-bond acceptors (Lipinski definition) is 2. The van der Waals surface area contributed by atoms with Crippen molar-refractivity contribution < 1.29 is 9.90 Å². The van der Waals surface area contributed by atoms with Crippen molar-refractivity contribution >= 4 is 5.97 Å². The van der Waals surface area contributed by atoms with E-state index < -0.39 is 11.9 Å². The molecule has 3 N–H and O–H groups in total. The summed E-state index contributed by atoms with van der Waals surface area (Å²) in [6, 6.07) is 2.14. The van der Waals surface area contributed by atoms with E-state index in [1.165, 1.54) is 0 Å². The van der Waals surface area contributed by atoms with Crippen molar-refractivity contribution in [2.24, 2.45) is 11.7 Å². The molecule has 0 aromatic rings. The van der Waals surface area contributed by atoms with Crippen LogP contribution in [0.3, 0.4) is 0 Å². The van der Waals surface area contributed by atoms with Crippen LogP contribution in [0.4, 0.5) is 0 Å². The van der Waals surface area contributed by atoms with Crippen LogP contribution in [-0.2, 0) is 4.79 Å². The highest BCUT2D eigenvalue weighted by atomic mass is 16.4. The zero-order valence-corrected chi connectivity index (χ0v) is 5.22. The lowest BCUT2D eigenvalue weighted by molar-refractivity contribution is -0.140. The fourth-order valence-electron chi connectivity index (χ4n) is 0.299. The third-order valence-electron chi connectivity index (χ3n) is 0.932. The molecule has 1 atom stereocenters. The van der Waals surface area contributed by atoms with Gasteiger partial charge >= 0.3 is 5.97 Å². The maximum absolute atomic E-state index is 10.1. The molecule has 0 fully saturated rings. The molecule has 0 heterocycles. The summed E-state index contributed by atoms with van der Waals surface area (Å²) in [4.78, 5) is 10.1. The molecule has 0 aromatic carbocycles. The molecule has 0 aliphatic rings. The number of nitrogens with two attached hydrogens (primary N) is 1. The molecule has 0 saturated carbocycles. The van der Waals surface area contributed by atoms with Gasteiger partial charge in [-0.15, -0.1) is 0 Å². The summed E-state index contributed by atoms with van der Waals surface area (Å²) >= 11 is 0. The van der Waals surface area contributed by atoms with Crippen LogP contribution >= 0.6 is 0 Å². The molecule has 3 nitrogen and oxygen atoms in total. The molecule has 3 heteroatoms. The Morgan fingerprint density at radius 2 is 2.44 bits per heavy atom. The number of hydrogen-bond donors (Lipinski definition) is 2. The largest absolute Gasteiger partial charge is 0.481 e. The molecule has 0 spiro atoms. The Labute approximate surface area is 53.9 Å². The number of carboxylic acid groups (broad SMARTS) is 1. The van der Waals surface area contributed by atoms with Crippen molar-refractivity contribution in [3.8, 4) is 12.0 Å². The Kier molecular flexibility index (Phi) is 3.29. The van der Waals surface area contributed by atoms with Gasteiger partial charge in [-0.1, -0.05) is 12.8 Å². The predicted molar refractivity (Wildman–Crippen MR) is 33.4 cm³/mol. The minimum Gasteiger partial charge on any atom is -0.481 e. The molecule has 0 rings (SSSR count). The highest BCUT2D eigenvalue weighted by Gasteiger charge is 2.07. The van der Waals surface area contributed by atoms with E-state index in [0.717, 1.165) is 0 Å². The van der Waals surface area contributed by atoms with E-state index in [-0.39, 0.29) is 0 Å². The Bertz CT molecular complexity index is 154. The normalized spacial score (nSPS) is 11.2. The number of aliphatic carboxylic acids is 1. The third kappa shape index (κ3) is 3.42. The first kappa shape index (κ1) is 7.83. The molecule has 9 heavy (non-hydrogen) atoms. The van der Waals surface area contributed by atoms with Gasteiger partial charge in [0.25, 0.3) is 0 Å². The summed E-state index contributed by atoms with van der Waals surface area (Å²) in [5.41, 5.74) is 4.82. The zero-order valence-electron chi connectivity index (χ0n) is 5.22. The van der Waals surface area contributed by atoms with Crippen molar-refractivity contribution in [2.45, 2.75) is 13.3 Å². The monoisotopic (exact) mass is 127 g/mol. The molecule has 1 unspecified atom stereocenters. The highest BCUT2D eigenvalue weighted by Crippen LogP contribution is 1.98. The van der Waals surface area contributed by atoms with Crippen molar-refractivity contribution in [1.82, 2.24) is 0 Å². The topological polar surface area (TPSA) is 63.3 Å². The van der Waals surface area contributed by atoms with Crippen LogP contribution in [0.15, 0.2) is 0 Å². The summed E-state index contributed by atoms with van der Waals surface area (Å²) < 4.78 is 0. The molecule has 0 bridgehead atoms. The van der Waals surface area contributed by atoms with Gasteiger partial charge in [-0.3, -0.25) is 4.79 Å². The first-order chi connectivity index (χ1) is 4.18. The van der Waals surface area contributed by atoms with Crippen molar-refractivity contribution in [3.63, 3.8) is 0 Å². The molecule has 0 aliphatic heterocycles. The summed E-state index contributed by atoms with van der Waals surface area (Å²) in [7, 11) is 0. The van der Waals surface area contributed by atoms with Gasteiger partial charge in [-0.25, -0.2) is 0 Å². The van der Waals surface area contributed by atoms with Crippen LogP contribution in [0.5, 0.6) is 0 Å². The minimum atomic E-state index is -0.835. The lowest BCUT2D eigenvalue weighted by atomic mass is 10.1. The van der Waals surface area contributed by atoms with Gasteiger partial charge in [0.1, 0.15) is 0 Å². The van der Waals surface area contributed by atoms with Crippen LogP contribution in [0.2, 0.25) is 0 Å². The van der Waals surface area contributed by atoms with E-state index in [2.05, 4.69) is 12.0 Å². The fourth-order valence-corrected chi connectivity index (χ4v) is 0.299. The zero-order chi connectivity index (χ0) is 7.28. The van der Waals surface area contributed by atoms with E-state index in [1.807, 2.05) is 0 Å². The standard InChI is InChI=1S/C6H9NO2/c1-5(6(8)9)3-2-4-7/h5H,3,7H2,1H3,(H,8,9). The van der Waals surface area contributed by atoms with E-state index >= 15 is 0 Å². The average molecular weight is 127 g/mol. The Morgan fingerprint density at radius 3 is 2.78 bits per heavy atom. The Morgan fingerprint density at radius 1 is 1.89 bits per heavy atom. The van der Waals surface area contributed by atoms with Crippen LogP contribution < -0.4 is 5.73 Å². The number of carboxylic acids is 1. The lowest BCUT2D eigenvalue weighted by Crippen LogP contribution is -2.07. The summed E-state index contributed by atoms with van der Waals surface area (Å²) in [5, 5.41) is 8.30. The summed E-state index contributed by atoms with van der Waals surface area (Å²) in [6.45, 7) is 1.59. The van der Waals surface area contributed by atoms with Gasteiger partial charge in [0, 0.05) is 12.5 Å². The minimum absolute atomic E-state index is 0.325. The first-order valence-electron chi connectivity index (χ1n) is 2.59. The van der Waals surface area contributed by atoms with E-state index in [4.69, 9.17) is 10.8 Å². The van der Waals surface area contributed by atoms with Crippen molar-refractivity contribution in [3.05, 3.63) is 0 Å². The van der Waals surface area contributed by atoms with Gasteiger partial charge in [-0.2, -0.15) is 0 Å². The summed E-state index contributed by atoms with van der Waals surface area (Å²) in [6.07, 6.45) is 0.325. The maximum Gasteiger partial charge on any atom is 0.307 e. The predicted octanol–water partition coefficient (Wildman–Crippen LogP) is 0.0168. The van der Waals surface area contributed by atoms with Gasteiger partial charge in [0.2, 0.25) is 0 Å². The maximum atomic E-state index is 10.1. The number of rotatable bonds is 2. The van der Waals surface area contributed by atoms with Crippen molar-refractivity contribution in [1.29, 1.82) is 0 Å². The van der Waals surface area contributed by atoms with Crippen LogP contribution in [0.25, 0.3) is 0 Å². The smallest absolute Gasteiger partial charge is 0.307 e. The van der Waals surface area contributed by atoms with E-state index in [1.54, 1.807) is 6.92 Å². The van der Waals surface area contributed by atoms with Crippen LogP contribution in [-0.4, -0.2) is 11.1 Å². The molecule has 0 aliphatic carbocycles. The second kappa shape index (κ2) is 3.79. The molecule has 0 amide bonds. The first-order valence-corrected chi connectivity index (χ1v) is 2.59. The van der Waals surface area contributed by atoms with Crippen LogP contribution in [0.1, 0.15) is 13.3 Å².